The van der Waals surface area contributed by atoms with E-state index in [2.05, 4.69) is 26.2 Å². The van der Waals surface area contributed by atoms with Gasteiger partial charge in [-0.15, -0.1) is 0 Å². The predicted octanol–water partition coefficient (Wildman–Crippen LogP) is 0.838. The minimum absolute atomic E-state index is 0.113. The number of rotatable bonds is 4. The average molecular weight is 286 g/mol. The summed E-state index contributed by atoms with van der Waals surface area (Å²) in [6.45, 7) is 1.71. The van der Waals surface area contributed by atoms with E-state index in [1.54, 1.807) is 19.1 Å². The molecule has 0 spiro atoms. The molecule has 1 rings (SSSR count). The summed E-state index contributed by atoms with van der Waals surface area (Å²) in [5.74, 6) is -0.766. The topological polar surface area (TPSA) is 85.1 Å². The second kappa shape index (κ2) is 5.60. The molecule has 1 atom stereocenters. The van der Waals surface area contributed by atoms with Crippen LogP contribution in [0.25, 0.3) is 0 Å². The van der Waals surface area contributed by atoms with E-state index in [-0.39, 0.29) is 18.4 Å². The minimum Gasteiger partial charge on any atom is -0.370 e. The van der Waals surface area contributed by atoms with Crippen LogP contribution < -0.4 is 11.1 Å². The third-order valence-electron chi connectivity index (χ3n) is 1.84. The van der Waals surface area contributed by atoms with Crippen LogP contribution >= 0.6 is 15.9 Å². The largest absolute Gasteiger partial charge is 0.370 e. The zero-order valence-electron chi connectivity index (χ0n) is 8.74. The zero-order valence-corrected chi connectivity index (χ0v) is 10.3. The van der Waals surface area contributed by atoms with Gasteiger partial charge in [0.15, 0.2) is 0 Å². The number of amides is 2. The van der Waals surface area contributed by atoms with Crippen molar-refractivity contribution < 1.29 is 9.59 Å². The van der Waals surface area contributed by atoms with Gasteiger partial charge in [-0.2, -0.15) is 0 Å². The van der Waals surface area contributed by atoms with Crippen LogP contribution in [-0.4, -0.2) is 22.8 Å². The molecule has 0 saturated carbocycles. The van der Waals surface area contributed by atoms with E-state index in [0.717, 1.165) is 4.47 Å². The van der Waals surface area contributed by atoms with Gasteiger partial charge in [0, 0.05) is 23.1 Å². The molecule has 0 fully saturated rings. The Morgan fingerprint density at radius 1 is 1.56 bits per heavy atom. The van der Waals surface area contributed by atoms with Gasteiger partial charge in [-0.3, -0.25) is 9.59 Å². The van der Waals surface area contributed by atoms with Gasteiger partial charge >= 0.3 is 0 Å². The molecule has 1 heterocycles. The molecular weight excluding hydrogens is 274 g/mol. The van der Waals surface area contributed by atoms with Crippen molar-refractivity contribution >= 4 is 27.7 Å². The van der Waals surface area contributed by atoms with Crippen LogP contribution in [0.2, 0.25) is 0 Å². The molecule has 86 valence electrons. The number of hydrogen-bond donors (Lipinski definition) is 2. The first-order valence-electron chi connectivity index (χ1n) is 4.69. The third kappa shape index (κ3) is 3.98. The molecule has 0 radical (unpaired) electrons. The van der Waals surface area contributed by atoms with Gasteiger partial charge in [0.1, 0.15) is 5.69 Å². The van der Waals surface area contributed by atoms with Crippen molar-refractivity contribution in [2.75, 3.05) is 0 Å². The quantitative estimate of drug-likeness (QED) is 0.860. The lowest BCUT2D eigenvalue weighted by atomic mass is 10.2. The van der Waals surface area contributed by atoms with E-state index < -0.39 is 5.91 Å². The highest BCUT2D eigenvalue weighted by Crippen LogP contribution is 2.07. The van der Waals surface area contributed by atoms with Gasteiger partial charge in [0.05, 0.1) is 0 Å². The number of nitrogens with two attached hydrogens (primary N) is 1. The molecule has 3 N–H and O–H groups in total. The summed E-state index contributed by atoms with van der Waals surface area (Å²) < 4.78 is 0.800. The van der Waals surface area contributed by atoms with Gasteiger partial charge in [-0.05, 0) is 35.0 Å². The molecule has 0 aliphatic rings. The van der Waals surface area contributed by atoms with Crippen molar-refractivity contribution in [3.05, 3.63) is 28.5 Å². The molecule has 0 aliphatic carbocycles. The van der Waals surface area contributed by atoms with Crippen LogP contribution in [0, 0.1) is 0 Å². The zero-order chi connectivity index (χ0) is 12.1. The van der Waals surface area contributed by atoms with Gasteiger partial charge in [0.2, 0.25) is 5.91 Å². The number of nitrogens with one attached hydrogen (secondary N) is 1. The Hall–Kier alpha value is -1.43. The summed E-state index contributed by atoms with van der Waals surface area (Å²) >= 11 is 3.22. The highest BCUT2D eigenvalue weighted by Gasteiger charge is 2.12. The van der Waals surface area contributed by atoms with Crippen molar-refractivity contribution in [3.63, 3.8) is 0 Å². The molecule has 1 aromatic rings. The van der Waals surface area contributed by atoms with Crippen LogP contribution in [0.1, 0.15) is 23.8 Å². The van der Waals surface area contributed by atoms with Crippen LogP contribution in [0.5, 0.6) is 0 Å². The van der Waals surface area contributed by atoms with Crippen LogP contribution in [0.15, 0.2) is 22.8 Å². The number of halogens is 1. The normalized spacial score (nSPS) is 11.9. The summed E-state index contributed by atoms with van der Waals surface area (Å²) in [6.07, 6.45) is 1.65. The first-order chi connectivity index (χ1) is 7.49. The van der Waals surface area contributed by atoms with Crippen molar-refractivity contribution in [1.29, 1.82) is 0 Å². The smallest absolute Gasteiger partial charge is 0.270 e. The maximum Gasteiger partial charge on any atom is 0.270 e. The number of hydrogen-bond acceptors (Lipinski definition) is 3. The van der Waals surface area contributed by atoms with Crippen LogP contribution in [-0.2, 0) is 4.79 Å². The molecule has 5 nitrogen and oxygen atoms in total. The third-order valence-corrected chi connectivity index (χ3v) is 2.31. The second-order valence-electron chi connectivity index (χ2n) is 3.41. The second-order valence-corrected chi connectivity index (χ2v) is 4.32. The molecule has 0 bridgehead atoms. The van der Waals surface area contributed by atoms with Crippen LogP contribution in [0.3, 0.4) is 0 Å². The summed E-state index contributed by atoms with van der Waals surface area (Å²) in [4.78, 5) is 26.2. The first kappa shape index (κ1) is 12.6. The van der Waals surface area contributed by atoms with Gasteiger partial charge in [0.25, 0.3) is 5.91 Å². The monoisotopic (exact) mass is 285 g/mol. The lowest BCUT2D eigenvalue weighted by Crippen LogP contribution is -2.36. The average Bonchev–Trinajstić information content (AvgIpc) is 2.16. The lowest BCUT2D eigenvalue weighted by Gasteiger charge is -2.11. The van der Waals surface area contributed by atoms with Gasteiger partial charge in [-0.25, -0.2) is 4.98 Å². The lowest BCUT2D eigenvalue weighted by molar-refractivity contribution is -0.118. The number of carbonyl (C=O) groups is 2. The van der Waals surface area contributed by atoms with E-state index in [1.807, 2.05) is 0 Å². The standard InChI is InChI=1S/C10H12BrN3O2/c1-6(4-9(12)15)14-10(16)8-3-2-7(11)5-13-8/h2-3,5-6H,4H2,1H3,(H2,12,15)(H,14,16). The number of primary amides is 1. The van der Waals surface area contributed by atoms with Gasteiger partial charge < -0.3 is 11.1 Å². The fourth-order valence-corrected chi connectivity index (χ4v) is 1.40. The van der Waals surface area contributed by atoms with E-state index >= 15 is 0 Å². The SMILES string of the molecule is CC(CC(N)=O)NC(=O)c1ccc(Br)cn1. The Morgan fingerprint density at radius 3 is 2.75 bits per heavy atom. The summed E-state index contributed by atoms with van der Waals surface area (Å²) in [7, 11) is 0. The molecule has 1 unspecified atom stereocenters. The number of carbonyl (C=O) groups excluding carboxylic acids is 2. The van der Waals surface area contributed by atoms with Crippen molar-refractivity contribution in [3.8, 4) is 0 Å². The Morgan fingerprint density at radius 2 is 2.25 bits per heavy atom. The number of aromatic nitrogens is 1. The number of nitrogens with zero attached hydrogens (tertiary/aromatic N) is 1. The molecule has 2 amide bonds. The Labute approximate surface area is 102 Å². The number of pyridine rings is 1. The maximum absolute atomic E-state index is 11.6. The summed E-state index contributed by atoms with van der Waals surface area (Å²) in [5.41, 5.74) is 5.32. The summed E-state index contributed by atoms with van der Waals surface area (Å²) in [6, 6.07) is 3.02. The van der Waals surface area contributed by atoms with Crippen molar-refractivity contribution in [2.45, 2.75) is 19.4 Å². The Bertz CT molecular complexity index is 392. The van der Waals surface area contributed by atoms with Gasteiger partial charge in [-0.1, -0.05) is 0 Å². The molecular formula is C10H12BrN3O2. The minimum atomic E-state index is -0.448. The van der Waals surface area contributed by atoms with E-state index in [0.29, 0.717) is 5.69 Å². The summed E-state index contributed by atoms with van der Waals surface area (Å²) in [5, 5.41) is 2.63. The molecule has 0 aliphatic heterocycles. The molecule has 16 heavy (non-hydrogen) atoms. The Balaban J connectivity index is 2.58. The highest BCUT2D eigenvalue weighted by molar-refractivity contribution is 9.10. The van der Waals surface area contributed by atoms with Crippen molar-refractivity contribution in [2.24, 2.45) is 5.73 Å². The maximum atomic E-state index is 11.6. The van der Waals surface area contributed by atoms with E-state index in [4.69, 9.17) is 5.73 Å². The molecule has 0 saturated heterocycles. The van der Waals surface area contributed by atoms with Crippen LogP contribution in [0.4, 0.5) is 0 Å². The Kier molecular flexibility index (Phi) is 4.42. The fourth-order valence-electron chi connectivity index (χ4n) is 1.16. The van der Waals surface area contributed by atoms with E-state index in [9.17, 15) is 9.59 Å². The van der Waals surface area contributed by atoms with Crippen molar-refractivity contribution in [1.82, 2.24) is 10.3 Å². The molecule has 6 heteroatoms. The predicted molar refractivity (Wildman–Crippen MR) is 62.7 cm³/mol. The van der Waals surface area contributed by atoms with E-state index in [1.165, 1.54) is 6.20 Å². The highest BCUT2D eigenvalue weighted by atomic mass is 79.9. The fraction of sp³-hybridized carbons (Fsp3) is 0.300. The first-order valence-corrected chi connectivity index (χ1v) is 5.49. The molecule has 0 aromatic carbocycles. The molecule has 1 aromatic heterocycles.